The van der Waals surface area contributed by atoms with Crippen LogP contribution >= 0.6 is 15.6 Å². The zero-order valence-electron chi connectivity index (χ0n) is 59.0. The summed E-state index contributed by atoms with van der Waals surface area (Å²) in [6, 6.07) is 0. The van der Waals surface area contributed by atoms with Crippen molar-refractivity contribution in [1.82, 2.24) is 0 Å². The summed E-state index contributed by atoms with van der Waals surface area (Å²) in [6.45, 7) is 7.17. The van der Waals surface area contributed by atoms with Crippen molar-refractivity contribution in [3.05, 3.63) is 0 Å². The Morgan fingerprint density at radius 3 is 0.747 bits per heavy atom. The molecule has 0 aliphatic rings. The minimum atomic E-state index is -4.95. The Bertz CT molecular complexity index is 1750. The second kappa shape index (κ2) is 65.4. The van der Waals surface area contributed by atoms with Gasteiger partial charge in [-0.3, -0.25) is 37.3 Å². The van der Waals surface area contributed by atoms with Crippen LogP contribution in [0.25, 0.3) is 0 Å². The molecule has 19 heteroatoms. The van der Waals surface area contributed by atoms with Gasteiger partial charge in [0.15, 0.2) is 12.2 Å². The monoisotopic (exact) mass is 1340 g/mol. The summed E-state index contributed by atoms with van der Waals surface area (Å²) in [4.78, 5) is 72.3. The smallest absolute Gasteiger partial charge is 0.462 e. The molecule has 0 aromatic heterocycles. The van der Waals surface area contributed by atoms with Crippen LogP contribution in [0.2, 0.25) is 0 Å². The number of unbranched alkanes of at least 4 members (excludes halogenated alkanes) is 44. The summed E-state index contributed by atoms with van der Waals surface area (Å²) >= 11 is 0. The van der Waals surface area contributed by atoms with Gasteiger partial charge in [0.05, 0.1) is 26.4 Å². The number of rotatable bonds is 72. The van der Waals surface area contributed by atoms with Crippen LogP contribution in [-0.4, -0.2) is 96.7 Å². The van der Waals surface area contributed by atoms with Crippen molar-refractivity contribution in [3.63, 3.8) is 0 Å². The minimum absolute atomic E-state index is 0.106. The van der Waals surface area contributed by atoms with E-state index >= 15 is 0 Å². The highest BCUT2D eigenvalue weighted by molar-refractivity contribution is 7.47. The van der Waals surface area contributed by atoms with Gasteiger partial charge in [0.1, 0.15) is 19.3 Å². The Labute approximate surface area is 556 Å². The first kappa shape index (κ1) is 89.1. The Hall–Kier alpha value is -1.94. The Balaban J connectivity index is 5.11. The molecule has 0 spiro atoms. The van der Waals surface area contributed by atoms with E-state index in [0.717, 1.165) is 102 Å². The van der Waals surface area contributed by atoms with E-state index < -0.39 is 97.5 Å². The lowest BCUT2D eigenvalue weighted by Crippen LogP contribution is -2.30. The van der Waals surface area contributed by atoms with Crippen molar-refractivity contribution in [2.24, 2.45) is 5.92 Å². The number of carbonyl (C=O) groups excluding carboxylic acids is 4. The number of hydrogen-bond donors (Lipinski definition) is 3. The molecule has 5 atom stereocenters. The van der Waals surface area contributed by atoms with Crippen LogP contribution in [0.1, 0.15) is 375 Å². The largest absolute Gasteiger partial charge is 0.472 e. The third-order valence-corrected chi connectivity index (χ3v) is 18.7. The van der Waals surface area contributed by atoms with Crippen LogP contribution in [-0.2, 0) is 65.4 Å². The lowest BCUT2D eigenvalue weighted by molar-refractivity contribution is -0.161. The molecular formula is C72H140O17P2. The number of phosphoric ester groups is 2. The zero-order valence-corrected chi connectivity index (χ0v) is 60.8. The molecule has 91 heavy (non-hydrogen) atoms. The molecule has 0 saturated heterocycles. The molecule has 0 aromatic rings. The molecular weight excluding hydrogens is 1200 g/mol. The van der Waals surface area contributed by atoms with E-state index in [-0.39, 0.29) is 25.7 Å². The van der Waals surface area contributed by atoms with Crippen LogP contribution < -0.4 is 0 Å². The lowest BCUT2D eigenvalue weighted by atomic mass is 10.0. The normalized spacial score (nSPS) is 14.0. The molecule has 0 heterocycles. The number of aliphatic hydroxyl groups is 1. The lowest BCUT2D eigenvalue weighted by Gasteiger charge is -2.21. The average Bonchev–Trinajstić information content (AvgIpc) is 3.47. The summed E-state index contributed by atoms with van der Waals surface area (Å²) in [5.41, 5.74) is 0. The number of carbonyl (C=O) groups is 4. The van der Waals surface area contributed by atoms with Crippen molar-refractivity contribution in [1.29, 1.82) is 0 Å². The molecule has 0 radical (unpaired) electrons. The van der Waals surface area contributed by atoms with E-state index in [4.69, 9.17) is 37.0 Å². The average molecular weight is 1340 g/mol. The van der Waals surface area contributed by atoms with E-state index in [1.54, 1.807) is 0 Å². The maximum absolute atomic E-state index is 13.0. The van der Waals surface area contributed by atoms with Gasteiger partial charge in [0, 0.05) is 25.7 Å². The van der Waals surface area contributed by atoms with Crippen molar-refractivity contribution in [2.75, 3.05) is 39.6 Å². The van der Waals surface area contributed by atoms with E-state index in [9.17, 15) is 43.2 Å². The van der Waals surface area contributed by atoms with E-state index in [1.165, 1.54) is 193 Å². The SMILES string of the molecule is CCCCCCCCCCCCCCCCCCCCCCCC(=O)O[C@H](COC(=O)CCCCCCCCCCCCCC(C)C)COP(=O)(O)OC[C@@H](O)COP(=O)(O)OC[C@@H](COC(=O)CCCCCCC)OC(=O)CCCCCCCCCCCCC. The summed E-state index contributed by atoms with van der Waals surface area (Å²) < 4.78 is 68.1. The van der Waals surface area contributed by atoms with Gasteiger partial charge in [0.2, 0.25) is 0 Å². The van der Waals surface area contributed by atoms with Crippen LogP contribution in [0, 0.1) is 5.92 Å². The van der Waals surface area contributed by atoms with E-state index in [0.29, 0.717) is 25.7 Å². The Morgan fingerprint density at radius 1 is 0.297 bits per heavy atom. The molecule has 0 bridgehead atoms. The number of ether oxygens (including phenoxy) is 4. The number of hydrogen-bond acceptors (Lipinski definition) is 15. The summed E-state index contributed by atoms with van der Waals surface area (Å²) in [5.74, 6) is -1.36. The van der Waals surface area contributed by atoms with Crippen LogP contribution in [0.4, 0.5) is 0 Å². The highest BCUT2D eigenvalue weighted by Gasteiger charge is 2.30. The third-order valence-electron chi connectivity index (χ3n) is 16.8. The summed E-state index contributed by atoms with van der Waals surface area (Å²) in [6.07, 6.45) is 53.2. The fraction of sp³-hybridized carbons (Fsp3) is 0.944. The summed E-state index contributed by atoms with van der Waals surface area (Å²) in [7, 11) is -9.89. The molecule has 0 amide bonds. The highest BCUT2D eigenvalue weighted by atomic mass is 31.2. The number of aliphatic hydroxyl groups excluding tert-OH is 1. The Kier molecular flexibility index (Phi) is 64.0. The van der Waals surface area contributed by atoms with Crippen LogP contribution in [0.5, 0.6) is 0 Å². The fourth-order valence-electron chi connectivity index (χ4n) is 11.0. The van der Waals surface area contributed by atoms with Crippen molar-refractivity contribution >= 4 is 39.5 Å². The first-order valence-electron chi connectivity index (χ1n) is 37.6. The van der Waals surface area contributed by atoms with Crippen LogP contribution in [0.15, 0.2) is 0 Å². The maximum Gasteiger partial charge on any atom is 0.472 e. The number of phosphoric acid groups is 2. The van der Waals surface area contributed by atoms with Gasteiger partial charge < -0.3 is 33.8 Å². The van der Waals surface area contributed by atoms with E-state index in [2.05, 4.69) is 34.6 Å². The second-order valence-electron chi connectivity index (χ2n) is 26.5. The zero-order chi connectivity index (χ0) is 67.0. The van der Waals surface area contributed by atoms with Gasteiger partial charge in [0.25, 0.3) is 0 Å². The standard InChI is InChI=1S/C72H140O17P2/c1-6-9-12-15-17-19-21-22-23-24-25-26-27-28-29-30-34-39-43-48-53-58-72(77)89-68(62-83-70(75)56-51-46-41-37-35-31-33-36-40-45-49-54-65(4)5)64-87-91(80,81)85-60-66(73)59-84-90(78,79)86-63-67(61-82-69(74)55-50-44-14-11-8-3)88-71(76)57-52-47-42-38-32-20-18-16-13-10-7-2/h65-68,73H,6-64H2,1-5H3,(H,78,79)(H,80,81)/t66-,67+,68+/m0/s1. The van der Waals surface area contributed by atoms with Gasteiger partial charge in [-0.25, -0.2) is 9.13 Å². The fourth-order valence-corrected chi connectivity index (χ4v) is 12.6. The second-order valence-corrected chi connectivity index (χ2v) is 29.4. The quantitative estimate of drug-likeness (QED) is 0.0222. The first-order chi connectivity index (χ1) is 44.0. The molecule has 0 fully saturated rings. The Morgan fingerprint density at radius 2 is 0.505 bits per heavy atom. The molecule has 540 valence electrons. The molecule has 17 nitrogen and oxygen atoms in total. The predicted octanol–water partition coefficient (Wildman–Crippen LogP) is 20.9. The molecule has 0 aliphatic heterocycles. The molecule has 0 aliphatic carbocycles. The minimum Gasteiger partial charge on any atom is -0.462 e. The summed E-state index contributed by atoms with van der Waals surface area (Å²) in [5, 5.41) is 10.6. The maximum atomic E-state index is 13.0. The molecule has 0 aromatic carbocycles. The van der Waals surface area contributed by atoms with Crippen molar-refractivity contribution in [2.45, 2.75) is 393 Å². The molecule has 2 unspecified atom stereocenters. The van der Waals surface area contributed by atoms with E-state index in [1.807, 2.05) is 0 Å². The van der Waals surface area contributed by atoms with Crippen LogP contribution in [0.3, 0.4) is 0 Å². The highest BCUT2D eigenvalue weighted by Crippen LogP contribution is 2.45. The molecule has 0 saturated carbocycles. The molecule has 3 N–H and O–H groups in total. The topological polar surface area (TPSA) is 237 Å². The van der Waals surface area contributed by atoms with Crippen molar-refractivity contribution in [3.8, 4) is 0 Å². The van der Waals surface area contributed by atoms with Gasteiger partial charge in [-0.2, -0.15) is 0 Å². The number of esters is 4. The predicted molar refractivity (Wildman–Crippen MR) is 368 cm³/mol. The van der Waals surface area contributed by atoms with Gasteiger partial charge >= 0.3 is 39.5 Å². The third kappa shape index (κ3) is 66.5. The van der Waals surface area contributed by atoms with Gasteiger partial charge in [-0.05, 0) is 31.6 Å². The first-order valence-corrected chi connectivity index (χ1v) is 40.6. The van der Waals surface area contributed by atoms with Gasteiger partial charge in [-0.1, -0.05) is 324 Å². The molecule has 0 rings (SSSR count). The van der Waals surface area contributed by atoms with Gasteiger partial charge in [-0.15, -0.1) is 0 Å². The van der Waals surface area contributed by atoms with Crippen molar-refractivity contribution < 1.29 is 80.2 Å².